The molecule has 0 saturated heterocycles. The lowest BCUT2D eigenvalue weighted by Gasteiger charge is -2.11. The van der Waals surface area contributed by atoms with E-state index in [0.717, 1.165) is 24.6 Å². The molecule has 1 rings (SSSR count). The number of aromatic nitrogens is 2. The molecule has 0 aliphatic carbocycles. The molecule has 1 aromatic heterocycles. The molecule has 1 N–H and O–H groups in total. The molecule has 0 saturated carbocycles. The van der Waals surface area contributed by atoms with Crippen LogP contribution in [0.2, 0.25) is 0 Å². The fraction of sp³-hybridized carbons (Fsp3) is 0.692. The molecule has 0 fully saturated rings. The van der Waals surface area contributed by atoms with Crippen molar-refractivity contribution < 1.29 is 4.74 Å². The van der Waals surface area contributed by atoms with Crippen LogP contribution in [0.25, 0.3) is 0 Å². The Morgan fingerprint density at radius 2 is 1.94 bits per heavy atom. The minimum atomic E-state index is 0.302. The van der Waals surface area contributed by atoms with Crippen molar-refractivity contribution in [2.75, 3.05) is 19.0 Å². The fourth-order valence-electron chi connectivity index (χ4n) is 1.39. The molecule has 96 valence electrons. The van der Waals surface area contributed by atoms with E-state index < -0.39 is 0 Å². The van der Waals surface area contributed by atoms with Gasteiger partial charge in [-0.1, -0.05) is 27.7 Å². The normalized spacial score (nSPS) is 11.0. The van der Waals surface area contributed by atoms with Crippen LogP contribution in [-0.4, -0.2) is 23.6 Å². The van der Waals surface area contributed by atoms with Gasteiger partial charge in [-0.25, -0.2) is 4.98 Å². The highest BCUT2D eigenvalue weighted by Gasteiger charge is 2.08. The second-order valence-electron chi connectivity index (χ2n) is 4.92. The van der Waals surface area contributed by atoms with Crippen LogP contribution in [0.5, 0.6) is 5.88 Å². The Labute approximate surface area is 104 Å². The summed E-state index contributed by atoms with van der Waals surface area (Å²) in [5.41, 5.74) is 0. The highest BCUT2D eigenvalue weighted by atomic mass is 16.5. The highest BCUT2D eigenvalue weighted by molar-refractivity contribution is 5.38. The molecule has 0 spiro atoms. The smallest absolute Gasteiger partial charge is 0.218 e. The van der Waals surface area contributed by atoms with Crippen molar-refractivity contribution in [3.05, 3.63) is 11.9 Å². The van der Waals surface area contributed by atoms with Gasteiger partial charge >= 0.3 is 0 Å². The topological polar surface area (TPSA) is 47.0 Å². The molecule has 0 aromatic carbocycles. The maximum absolute atomic E-state index is 5.18. The molecule has 0 amide bonds. The summed E-state index contributed by atoms with van der Waals surface area (Å²) in [7, 11) is 1.63. The van der Waals surface area contributed by atoms with Gasteiger partial charge in [0, 0.05) is 18.5 Å². The second-order valence-corrected chi connectivity index (χ2v) is 4.92. The molecule has 0 unspecified atom stereocenters. The summed E-state index contributed by atoms with van der Waals surface area (Å²) in [5.74, 6) is 3.28. The molecule has 0 radical (unpaired) electrons. The molecule has 0 atom stereocenters. The molecule has 0 aliphatic heterocycles. The number of nitrogens with zero attached hydrogens (tertiary/aromatic N) is 2. The van der Waals surface area contributed by atoms with Crippen LogP contribution in [0.15, 0.2) is 6.07 Å². The zero-order chi connectivity index (χ0) is 12.8. The largest absolute Gasteiger partial charge is 0.481 e. The lowest BCUT2D eigenvalue weighted by molar-refractivity contribution is 0.394. The van der Waals surface area contributed by atoms with E-state index >= 15 is 0 Å². The number of rotatable bonds is 6. The summed E-state index contributed by atoms with van der Waals surface area (Å²) in [4.78, 5) is 8.80. The van der Waals surface area contributed by atoms with Crippen LogP contribution in [0.3, 0.4) is 0 Å². The average Bonchev–Trinajstić information content (AvgIpc) is 2.28. The van der Waals surface area contributed by atoms with Crippen LogP contribution in [0.1, 0.15) is 45.9 Å². The third-order valence-corrected chi connectivity index (χ3v) is 2.47. The highest BCUT2D eigenvalue weighted by Crippen LogP contribution is 2.18. The number of hydrogen-bond donors (Lipinski definition) is 1. The Kier molecular flexibility index (Phi) is 5.19. The molecular weight excluding hydrogens is 214 g/mol. The maximum Gasteiger partial charge on any atom is 0.218 e. The lowest BCUT2D eigenvalue weighted by atomic mass is 10.1. The Hall–Kier alpha value is -1.32. The molecule has 17 heavy (non-hydrogen) atoms. The van der Waals surface area contributed by atoms with Gasteiger partial charge < -0.3 is 10.1 Å². The summed E-state index contributed by atoms with van der Waals surface area (Å²) in [6, 6.07) is 1.84. The minimum absolute atomic E-state index is 0.302. The SMILES string of the molecule is COc1cc(NCCC(C)C)nc(C(C)C)n1. The summed E-state index contributed by atoms with van der Waals surface area (Å²) in [6.07, 6.45) is 1.13. The van der Waals surface area contributed by atoms with E-state index in [9.17, 15) is 0 Å². The zero-order valence-corrected chi connectivity index (χ0v) is 11.4. The lowest BCUT2D eigenvalue weighted by Crippen LogP contribution is -2.09. The first-order chi connectivity index (χ1) is 8.02. The van der Waals surface area contributed by atoms with E-state index in [-0.39, 0.29) is 0 Å². The number of ether oxygens (including phenoxy) is 1. The number of anilines is 1. The third-order valence-electron chi connectivity index (χ3n) is 2.47. The summed E-state index contributed by atoms with van der Waals surface area (Å²) in [5, 5.41) is 3.31. The van der Waals surface area contributed by atoms with Gasteiger partial charge in [0.05, 0.1) is 7.11 Å². The molecule has 4 nitrogen and oxygen atoms in total. The standard InChI is InChI=1S/C13H23N3O/c1-9(2)6-7-14-11-8-12(17-5)16-13(15-11)10(3)4/h8-10H,6-7H2,1-5H3,(H,14,15,16). The first-order valence-electron chi connectivity index (χ1n) is 6.19. The van der Waals surface area contributed by atoms with Gasteiger partial charge in [0.25, 0.3) is 0 Å². The van der Waals surface area contributed by atoms with Crippen molar-refractivity contribution in [2.24, 2.45) is 5.92 Å². The van der Waals surface area contributed by atoms with E-state index in [2.05, 4.69) is 43.0 Å². The van der Waals surface area contributed by atoms with Gasteiger partial charge in [-0.05, 0) is 12.3 Å². The van der Waals surface area contributed by atoms with E-state index in [1.807, 2.05) is 6.07 Å². The van der Waals surface area contributed by atoms with Crippen LogP contribution in [0.4, 0.5) is 5.82 Å². The van der Waals surface area contributed by atoms with Gasteiger partial charge in [0.15, 0.2) is 0 Å². The van der Waals surface area contributed by atoms with Crippen molar-refractivity contribution >= 4 is 5.82 Å². The van der Waals surface area contributed by atoms with E-state index in [0.29, 0.717) is 17.7 Å². The first-order valence-corrected chi connectivity index (χ1v) is 6.19. The van der Waals surface area contributed by atoms with Gasteiger partial charge in [-0.15, -0.1) is 0 Å². The van der Waals surface area contributed by atoms with Gasteiger partial charge in [-0.2, -0.15) is 4.98 Å². The zero-order valence-electron chi connectivity index (χ0n) is 11.4. The van der Waals surface area contributed by atoms with Crippen molar-refractivity contribution in [3.8, 4) is 5.88 Å². The average molecular weight is 237 g/mol. The Morgan fingerprint density at radius 1 is 1.24 bits per heavy atom. The number of hydrogen-bond acceptors (Lipinski definition) is 4. The molecular formula is C13H23N3O. The molecule has 0 aliphatic rings. The van der Waals surface area contributed by atoms with E-state index in [1.165, 1.54) is 0 Å². The number of methoxy groups -OCH3 is 1. The van der Waals surface area contributed by atoms with Crippen molar-refractivity contribution in [3.63, 3.8) is 0 Å². The van der Waals surface area contributed by atoms with Gasteiger partial charge in [0.1, 0.15) is 11.6 Å². The van der Waals surface area contributed by atoms with Crippen LogP contribution in [0, 0.1) is 5.92 Å². The Balaban J connectivity index is 2.73. The predicted molar refractivity (Wildman–Crippen MR) is 70.6 cm³/mol. The molecule has 1 aromatic rings. The Morgan fingerprint density at radius 3 is 2.47 bits per heavy atom. The second kappa shape index (κ2) is 6.42. The molecule has 1 heterocycles. The van der Waals surface area contributed by atoms with Crippen molar-refractivity contribution in [1.29, 1.82) is 0 Å². The molecule has 0 bridgehead atoms. The van der Waals surface area contributed by atoms with Crippen LogP contribution in [-0.2, 0) is 0 Å². The summed E-state index contributed by atoms with van der Waals surface area (Å²) < 4.78 is 5.18. The minimum Gasteiger partial charge on any atom is -0.481 e. The Bertz CT molecular complexity index is 351. The monoisotopic (exact) mass is 237 g/mol. The third kappa shape index (κ3) is 4.59. The van der Waals surface area contributed by atoms with Gasteiger partial charge in [-0.3, -0.25) is 0 Å². The predicted octanol–water partition coefficient (Wildman–Crippen LogP) is 3.07. The van der Waals surface area contributed by atoms with Crippen LogP contribution < -0.4 is 10.1 Å². The van der Waals surface area contributed by atoms with Crippen LogP contribution >= 0.6 is 0 Å². The molecule has 4 heteroatoms. The van der Waals surface area contributed by atoms with E-state index in [1.54, 1.807) is 7.11 Å². The van der Waals surface area contributed by atoms with Gasteiger partial charge in [0.2, 0.25) is 5.88 Å². The van der Waals surface area contributed by atoms with Crippen molar-refractivity contribution in [1.82, 2.24) is 9.97 Å². The summed E-state index contributed by atoms with van der Waals surface area (Å²) in [6.45, 7) is 9.50. The first kappa shape index (κ1) is 13.7. The van der Waals surface area contributed by atoms with E-state index in [4.69, 9.17) is 4.74 Å². The fourth-order valence-corrected chi connectivity index (χ4v) is 1.39. The number of nitrogens with one attached hydrogen (secondary N) is 1. The summed E-state index contributed by atoms with van der Waals surface area (Å²) >= 11 is 0. The maximum atomic E-state index is 5.18. The van der Waals surface area contributed by atoms with Crippen molar-refractivity contribution in [2.45, 2.75) is 40.0 Å². The quantitative estimate of drug-likeness (QED) is 0.826.